The fourth-order valence-electron chi connectivity index (χ4n) is 2.50. The largest absolute Gasteiger partial charge is 0.383 e. The zero-order valence-electron chi connectivity index (χ0n) is 13.6. The number of rotatable bonds is 8. The predicted octanol–water partition coefficient (Wildman–Crippen LogP) is 2.23. The van der Waals surface area contributed by atoms with E-state index in [-0.39, 0.29) is 5.69 Å². The number of pyridine rings is 1. The van der Waals surface area contributed by atoms with Crippen LogP contribution in [-0.2, 0) is 10.0 Å². The third-order valence-electron chi connectivity index (χ3n) is 3.66. The number of anilines is 1. The molecular weight excluding hydrogens is 332 g/mol. The summed E-state index contributed by atoms with van der Waals surface area (Å²) in [7, 11) is -3.19. The monoisotopic (exact) mass is 352 g/mol. The molecule has 8 nitrogen and oxygen atoms in total. The number of nitrogens with one attached hydrogen (secondary N) is 1. The summed E-state index contributed by atoms with van der Waals surface area (Å²) in [4.78, 5) is 14.9. The molecule has 1 N–H and O–H groups in total. The minimum absolute atomic E-state index is 0.0119. The molecule has 0 saturated carbocycles. The molecule has 0 aliphatic carbocycles. The van der Waals surface area contributed by atoms with Crippen molar-refractivity contribution in [2.24, 2.45) is 0 Å². The lowest BCUT2D eigenvalue weighted by molar-refractivity contribution is -0.383. The van der Waals surface area contributed by atoms with Gasteiger partial charge in [-0.15, -0.1) is 0 Å². The van der Waals surface area contributed by atoms with Gasteiger partial charge in [-0.1, -0.05) is 6.92 Å². The van der Waals surface area contributed by atoms with Crippen LogP contribution in [0, 0.1) is 10.1 Å². The van der Waals surface area contributed by atoms with Gasteiger partial charge in [0.05, 0.1) is 22.3 Å². The standard InChI is InChI=1S/C15H20N4O4S/c1-3-18(24(2,22)23)11-5-10-16-13-7-8-14(19(20)21)12-6-4-9-17-15(12)13/h4,6-9,16H,3,5,10-11H2,1-2H3. The van der Waals surface area contributed by atoms with Gasteiger partial charge in [0.15, 0.2) is 0 Å². The van der Waals surface area contributed by atoms with E-state index < -0.39 is 14.9 Å². The highest BCUT2D eigenvalue weighted by molar-refractivity contribution is 7.88. The van der Waals surface area contributed by atoms with Crippen molar-refractivity contribution >= 4 is 32.3 Å². The summed E-state index contributed by atoms with van der Waals surface area (Å²) in [6, 6.07) is 6.39. The molecule has 0 aliphatic heterocycles. The quantitative estimate of drug-likeness (QED) is 0.444. The number of nitrogens with zero attached hydrogens (tertiary/aromatic N) is 3. The van der Waals surface area contributed by atoms with Gasteiger partial charge in [-0.05, 0) is 24.6 Å². The van der Waals surface area contributed by atoms with Gasteiger partial charge in [0.2, 0.25) is 10.0 Å². The number of hydrogen-bond donors (Lipinski definition) is 1. The predicted molar refractivity (Wildman–Crippen MR) is 93.6 cm³/mol. The molecule has 24 heavy (non-hydrogen) atoms. The van der Waals surface area contributed by atoms with Gasteiger partial charge >= 0.3 is 0 Å². The number of non-ortho nitro benzene ring substituents is 1. The average Bonchev–Trinajstić information content (AvgIpc) is 2.53. The molecule has 0 atom stereocenters. The summed E-state index contributed by atoms with van der Waals surface area (Å²) < 4.78 is 24.5. The van der Waals surface area contributed by atoms with E-state index >= 15 is 0 Å². The SMILES string of the molecule is CCN(CCCNc1ccc([N+](=O)[O-])c2cccnc12)S(C)(=O)=O. The van der Waals surface area contributed by atoms with Crippen LogP contribution in [0.3, 0.4) is 0 Å². The van der Waals surface area contributed by atoms with Gasteiger partial charge in [-0.25, -0.2) is 12.7 Å². The highest BCUT2D eigenvalue weighted by atomic mass is 32.2. The van der Waals surface area contributed by atoms with Crippen molar-refractivity contribution in [2.75, 3.05) is 31.2 Å². The molecule has 0 aliphatic rings. The van der Waals surface area contributed by atoms with Gasteiger partial charge in [0.1, 0.15) is 5.52 Å². The zero-order valence-corrected chi connectivity index (χ0v) is 14.4. The number of benzene rings is 1. The molecule has 0 bridgehead atoms. The third kappa shape index (κ3) is 4.18. The fourth-order valence-corrected chi connectivity index (χ4v) is 3.43. The molecule has 0 fully saturated rings. The van der Waals surface area contributed by atoms with Crippen molar-refractivity contribution in [3.8, 4) is 0 Å². The molecule has 130 valence electrons. The molecular formula is C15H20N4O4S. The van der Waals surface area contributed by atoms with Gasteiger partial charge in [-0.2, -0.15) is 0 Å². The molecule has 0 radical (unpaired) electrons. The van der Waals surface area contributed by atoms with E-state index in [1.807, 2.05) is 0 Å². The maximum absolute atomic E-state index is 11.5. The number of nitro groups is 1. The number of nitro benzene ring substituents is 1. The number of fused-ring (bicyclic) bond motifs is 1. The van der Waals surface area contributed by atoms with Crippen LogP contribution in [0.1, 0.15) is 13.3 Å². The first-order chi connectivity index (χ1) is 11.3. The molecule has 0 saturated heterocycles. The number of aromatic nitrogens is 1. The summed E-state index contributed by atoms with van der Waals surface area (Å²) in [5.41, 5.74) is 1.23. The molecule has 1 aromatic heterocycles. The average molecular weight is 352 g/mol. The Morgan fingerprint density at radius 1 is 1.33 bits per heavy atom. The van der Waals surface area contributed by atoms with E-state index in [0.717, 1.165) is 0 Å². The Bertz CT molecular complexity index is 838. The van der Waals surface area contributed by atoms with Crippen molar-refractivity contribution in [2.45, 2.75) is 13.3 Å². The Labute approximate surface area is 140 Å². The summed E-state index contributed by atoms with van der Waals surface area (Å²) in [5, 5.41) is 14.7. The van der Waals surface area contributed by atoms with Gasteiger partial charge in [0.25, 0.3) is 5.69 Å². The van der Waals surface area contributed by atoms with Crippen LogP contribution in [0.25, 0.3) is 10.9 Å². The summed E-state index contributed by atoms with van der Waals surface area (Å²) >= 11 is 0. The van der Waals surface area contributed by atoms with Gasteiger partial charge in [0, 0.05) is 31.9 Å². The number of hydrogen-bond acceptors (Lipinski definition) is 6. The lowest BCUT2D eigenvalue weighted by Crippen LogP contribution is -2.31. The topological polar surface area (TPSA) is 105 Å². The van der Waals surface area contributed by atoms with Crippen LogP contribution in [0.15, 0.2) is 30.5 Å². The van der Waals surface area contributed by atoms with E-state index in [2.05, 4.69) is 10.3 Å². The van der Waals surface area contributed by atoms with Crippen LogP contribution in [0.5, 0.6) is 0 Å². The minimum Gasteiger partial charge on any atom is -0.383 e. The zero-order chi connectivity index (χ0) is 17.7. The first kappa shape index (κ1) is 18.1. The highest BCUT2D eigenvalue weighted by Gasteiger charge is 2.15. The smallest absolute Gasteiger partial charge is 0.278 e. The lowest BCUT2D eigenvalue weighted by atomic mass is 10.1. The lowest BCUT2D eigenvalue weighted by Gasteiger charge is -2.18. The summed E-state index contributed by atoms with van der Waals surface area (Å²) in [6.07, 6.45) is 3.39. The van der Waals surface area contributed by atoms with Crippen molar-refractivity contribution in [1.29, 1.82) is 0 Å². The second-order valence-corrected chi connectivity index (χ2v) is 7.31. The molecule has 0 amide bonds. The Kier molecular flexibility index (Phi) is 5.68. The van der Waals surface area contributed by atoms with E-state index in [9.17, 15) is 18.5 Å². The van der Waals surface area contributed by atoms with Crippen LogP contribution in [0.4, 0.5) is 11.4 Å². The van der Waals surface area contributed by atoms with Crippen LogP contribution < -0.4 is 5.32 Å². The molecule has 1 aromatic carbocycles. The minimum atomic E-state index is -3.19. The second kappa shape index (κ2) is 7.54. The Hall–Kier alpha value is -2.26. The molecule has 0 unspecified atom stereocenters. The van der Waals surface area contributed by atoms with Crippen molar-refractivity contribution in [3.63, 3.8) is 0 Å². The van der Waals surface area contributed by atoms with Crippen LogP contribution in [-0.4, -0.2) is 48.5 Å². The van der Waals surface area contributed by atoms with E-state index in [1.165, 1.54) is 16.6 Å². The van der Waals surface area contributed by atoms with Crippen molar-refractivity contribution in [3.05, 3.63) is 40.6 Å². The Balaban J connectivity index is 2.09. The fraction of sp³-hybridized carbons (Fsp3) is 0.400. The van der Waals surface area contributed by atoms with E-state index in [1.54, 1.807) is 31.3 Å². The summed E-state index contributed by atoms with van der Waals surface area (Å²) in [6.45, 7) is 3.18. The first-order valence-electron chi connectivity index (χ1n) is 7.55. The Morgan fingerprint density at radius 3 is 2.71 bits per heavy atom. The maximum atomic E-state index is 11.5. The molecule has 2 aromatic rings. The maximum Gasteiger partial charge on any atom is 0.278 e. The van der Waals surface area contributed by atoms with Crippen LogP contribution >= 0.6 is 0 Å². The molecule has 9 heteroatoms. The van der Waals surface area contributed by atoms with E-state index in [0.29, 0.717) is 42.6 Å². The molecule has 0 spiro atoms. The summed E-state index contributed by atoms with van der Waals surface area (Å²) in [5.74, 6) is 0. The van der Waals surface area contributed by atoms with E-state index in [4.69, 9.17) is 0 Å². The Morgan fingerprint density at radius 2 is 2.08 bits per heavy atom. The normalized spacial score (nSPS) is 11.8. The van der Waals surface area contributed by atoms with Gasteiger partial charge < -0.3 is 5.32 Å². The second-order valence-electron chi connectivity index (χ2n) is 5.32. The molecule has 2 rings (SSSR count). The van der Waals surface area contributed by atoms with Crippen molar-refractivity contribution in [1.82, 2.24) is 9.29 Å². The highest BCUT2D eigenvalue weighted by Crippen LogP contribution is 2.29. The molecule has 1 heterocycles. The van der Waals surface area contributed by atoms with Crippen LogP contribution in [0.2, 0.25) is 0 Å². The van der Waals surface area contributed by atoms with Gasteiger partial charge in [-0.3, -0.25) is 15.1 Å². The first-order valence-corrected chi connectivity index (χ1v) is 9.40. The van der Waals surface area contributed by atoms with Crippen molar-refractivity contribution < 1.29 is 13.3 Å². The number of sulfonamides is 1. The third-order valence-corrected chi connectivity index (χ3v) is 5.04.